The number of hydrogen-bond donors (Lipinski definition) is 1. The van der Waals surface area contributed by atoms with Crippen molar-refractivity contribution in [1.82, 2.24) is 5.32 Å². The maximum Gasteiger partial charge on any atom is 0.0158 e. The molecule has 19 heavy (non-hydrogen) atoms. The molecule has 1 aliphatic carbocycles. The maximum atomic E-state index is 3.79. The van der Waals surface area contributed by atoms with E-state index >= 15 is 0 Å². The molecule has 0 saturated heterocycles. The van der Waals surface area contributed by atoms with E-state index in [1.54, 1.807) is 0 Å². The molecule has 1 nitrogen and oxygen atoms in total. The molecule has 1 aliphatic rings. The lowest BCUT2D eigenvalue weighted by Gasteiger charge is -2.24. The smallest absolute Gasteiger partial charge is 0.0158 e. The van der Waals surface area contributed by atoms with Gasteiger partial charge in [0.15, 0.2) is 0 Å². The molecule has 0 amide bonds. The van der Waals surface area contributed by atoms with Crippen molar-refractivity contribution in [3.63, 3.8) is 0 Å². The van der Waals surface area contributed by atoms with Crippen molar-refractivity contribution >= 4 is 11.8 Å². The first-order valence-corrected chi connectivity index (χ1v) is 9.37. The topological polar surface area (TPSA) is 12.0 Å². The molecule has 0 heterocycles. The van der Waals surface area contributed by atoms with Crippen LogP contribution in [0.5, 0.6) is 0 Å². The Morgan fingerprint density at radius 1 is 1.21 bits per heavy atom. The SMILES string of the molecule is C=CCCCCCC(CSC1CCCCC1)NCC. The number of unbranched alkanes of at least 4 members (excludes halogenated alkanes) is 3. The summed E-state index contributed by atoms with van der Waals surface area (Å²) in [4.78, 5) is 0. The molecule has 1 fully saturated rings. The molecule has 0 aliphatic heterocycles. The van der Waals surface area contributed by atoms with Crippen LogP contribution >= 0.6 is 11.8 Å². The molecule has 1 N–H and O–H groups in total. The molecule has 0 spiro atoms. The Balaban J connectivity index is 2.10. The lowest BCUT2D eigenvalue weighted by molar-refractivity contribution is 0.495. The average molecular weight is 284 g/mol. The summed E-state index contributed by atoms with van der Waals surface area (Å²) in [5.41, 5.74) is 0. The summed E-state index contributed by atoms with van der Waals surface area (Å²) in [5.74, 6) is 1.32. The Morgan fingerprint density at radius 2 is 2.00 bits per heavy atom. The zero-order valence-electron chi connectivity index (χ0n) is 12.8. The summed E-state index contributed by atoms with van der Waals surface area (Å²) in [6.07, 6.45) is 15.9. The van der Waals surface area contributed by atoms with Gasteiger partial charge in [0, 0.05) is 17.0 Å². The van der Waals surface area contributed by atoms with Gasteiger partial charge in [-0.3, -0.25) is 0 Å². The molecule has 1 unspecified atom stereocenters. The van der Waals surface area contributed by atoms with E-state index in [4.69, 9.17) is 0 Å². The van der Waals surface area contributed by atoms with Crippen LogP contribution in [0.25, 0.3) is 0 Å². The zero-order valence-corrected chi connectivity index (χ0v) is 13.6. The largest absolute Gasteiger partial charge is 0.313 e. The van der Waals surface area contributed by atoms with Crippen LogP contribution in [-0.4, -0.2) is 23.6 Å². The zero-order chi connectivity index (χ0) is 13.8. The summed E-state index contributed by atoms with van der Waals surface area (Å²) < 4.78 is 0. The van der Waals surface area contributed by atoms with Crippen LogP contribution in [0.2, 0.25) is 0 Å². The first-order chi connectivity index (χ1) is 9.36. The summed E-state index contributed by atoms with van der Waals surface area (Å²) in [6.45, 7) is 7.13. The predicted octanol–water partition coefficient (Wildman–Crippen LogP) is 5.17. The van der Waals surface area contributed by atoms with E-state index in [1.807, 2.05) is 6.08 Å². The van der Waals surface area contributed by atoms with Crippen molar-refractivity contribution < 1.29 is 0 Å². The highest BCUT2D eigenvalue weighted by molar-refractivity contribution is 7.99. The molecule has 0 radical (unpaired) electrons. The molecule has 0 aromatic rings. The molecule has 112 valence electrons. The van der Waals surface area contributed by atoms with Crippen LogP contribution in [0.3, 0.4) is 0 Å². The van der Waals surface area contributed by atoms with Crippen LogP contribution in [-0.2, 0) is 0 Å². The molecule has 0 aromatic heterocycles. The molecule has 1 saturated carbocycles. The van der Waals surface area contributed by atoms with E-state index in [9.17, 15) is 0 Å². The van der Waals surface area contributed by atoms with Gasteiger partial charge in [-0.15, -0.1) is 6.58 Å². The third-order valence-electron chi connectivity index (χ3n) is 4.04. The van der Waals surface area contributed by atoms with Gasteiger partial charge in [-0.25, -0.2) is 0 Å². The molecular weight excluding hydrogens is 250 g/mol. The van der Waals surface area contributed by atoms with Gasteiger partial charge in [-0.05, 0) is 38.6 Å². The Morgan fingerprint density at radius 3 is 2.68 bits per heavy atom. The molecule has 0 bridgehead atoms. The number of allylic oxidation sites excluding steroid dienone is 1. The number of nitrogens with one attached hydrogen (secondary N) is 1. The number of rotatable bonds is 11. The highest BCUT2D eigenvalue weighted by Gasteiger charge is 2.16. The Kier molecular flexibility index (Phi) is 10.7. The number of hydrogen-bond acceptors (Lipinski definition) is 2. The Labute approximate surface area is 125 Å². The fraction of sp³-hybridized carbons (Fsp3) is 0.882. The third-order valence-corrected chi connectivity index (χ3v) is 5.58. The first-order valence-electron chi connectivity index (χ1n) is 8.32. The first kappa shape index (κ1) is 17.1. The van der Waals surface area contributed by atoms with Gasteiger partial charge in [0.2, 0.25) is 0 Å². The van der Waals surface area contributed by atoms with E-state index in [2.05, 4.69) is 30.6 Å². The van der Waals surface area contributed by atoms with E-state index in [-0.39, 0.29) is 0 Å². The molecule has 1 atom stereocenters. The van der Waals surface area contributed by atoms with Crippen LogP contribution in [0, 0.1) is 0 Å². The second-order valence-corrected chi connectivity index (χ2v) is 7.11. The molecule has 0 aromatic carbocycles. The molecule has 2 heteroatoms. The predicted molar refractivity (Wildman–Crippen MR) is 90.1 cm³/mol. The minimum absolute atomic E-state index is 0.737. The van der Waals surface area contributed by atoms with Crippen molar-refractivity contribution in [2.75, 3.05) is 12.3 Å². The van der Waals surface area contributed by atoms with Gasteiger partial charge in [-0.1, -0.05) is 45.1 Å². The average Bonchev–Trinajstić information content (AvgIpc) is 2.45. The van der Waals surface area contributed by atoms with Crippen molar-refractivity contribution in [1.29, 1.82) is 0 Å². The monoisotopic (exact) mass is 283 g/mol. The van der Waals surface area contributed by atoms with E-state index in [0.717, 1.165) is 17.8 Å². The normalized spacial score (nSPS) is 18.4. The third kappa shape index (κ3) is 8.75. The summed E-state index contributed by atoms with van der Waals surface area (Å²) in [7, 11) is 0. The summed E-state index contributed by atoms with van der Waals surface area (Å²) in [6, 6.07) is 0.737. The van der Waals surface area contributed by atoms with Crippen molar-refractivity contribution in [3.8, 4) is 0 Å². The quantitative estimate of drug-likeness (QED) is 0.415. The van der Waals surface area contributed by atoms with Gasteiger partial charge in [0.25, 0.3) is 0 Å². The minimum atomic E-state index is 0.737. The number of thioether (sulfide) groups is 1. The van der Waals surface area contributed by atoms with E-state index < -0.39 is 0 Å². The fourth-order valence-electron chi connectivity index (χ4n) is 2.87. The van der Waals surface area contributed by atoms with Gasteiger partial charge in [0.1, 0.15) is 0 Å². The van der Waals surface area contributed by atoms with Crippen LogP contribution < -0.4 is 5.32 Å². The van der Waals surface area contributed by atoms with Crippen LogP contribution in [0.15, 0.2) is 12.7 Å². The van der Waals surface area contributed by atoms with Gasteiger partial charge in [-0.2, -0.15) is 11.8 Å². The highest BCUT2D eigenvalue weighted by atomic mass is 32.2. The lowest BCUT2D eigenvalue weighted by Crippen LogP contribution is -2.32. The van der Waals surface area contributed by atoms with E-state index in [1.165, 1.54) is 70.0 Å². The lowest BCUT2D eigenvalue weighted by atomic mass is 10.0. The van der Waals surface area contributed by atoms with E-state index in [0.29, 0.717) is 0 Å². The van der Waals surface area contributed by atoms with Gasteiger partial charge < -0.3 is 5.32 Å². The summed E-state index contributed by atoms with van der Waals surface area (Å²) in [5, 5.41) is 4.63. The minimum Gasteiger partial charge on any atom is -0.313 e. The fourth-order valence-corrected chi connectivity index (χ4v) is 4.33. The van der Waals surface area contributed by atoms with Crippen LogP contribution in [0.4, 0.5) is 0 Å². The Hall–Kier alpha value is 0.0500. The van der Waals surface area contributed by atoms with Crippen molar-refractivity contribution in [2.45, 2.75) is 82.4 Å². The second kappa shape index (κ2) is 11.8. The molecular formula is C17H33NS. The highest BCUT2D eigenvalue weighted by Crippen LogP contribution is 2.29. The van der Waals surface area contributed by atoms with Gasteiger partial charge >= 0.3 is 0 Å². The van der Waals surface area contributed by atoms with Crippen molar-refractivity contribution in [2.24, 2.45) is 0 Å². The maximum absolute atomic E-state index is 3.79. The van der Waals surface area contributed by atoms with Crippen LogP contribution in [0.1, 0.15) is 71.1 Å². The second-order valence-electron chi connectivity index (χ2n) is 5.77. The Bertz CT molecular complexity index is 211. The summed E-state index contributed by atoms with van der Waals surface area (Å²) >= 11 is 2.24. The molecule has 1 rings (SSSR count). The van der Waals surface area contributed by atoms with Gasteiger partial charge in [0.05, 0.1) is 0 Å². The standard InChI is InChI=1S/C17H33NS/c1-3-5-6-7-9-12-16(18-4-2)15-19-17-13-10-8-11-14-17/h3,16-18H,1,4-15H2,2H3. The van der Waals surface area contributed by atoms with Crippen molar-refractivity contribution in [3.05, 3.63) is 12.7 Å².